The maximum absolute atomic E-state index is 13.0. The Kier molecular flexibility index (Phi) is 13.7. The lowest BCUT2D eigenvalue weighted by atomic mass is 9.73. The van der Waals surface area contributed by atoms with Gasteiger partial charge in [0.25, 0.3) is 0 Å². The van der Waals surface area contributed by atoms with E-state index in [-0.39, 0.29) is 41.7 Å². The van der Waals surface area contributed by atoms with Crippen molar-refractivity contribution in [3.05, 3.63) is 103 Å². The average Bonchev–Trinajstić information content (AvgIpc) is 3.64. The van der Waals surface area contributed by atoms with Gasteiger partial charge in [0.15, 0.2) is 11.4 Å². The molecule has 2 aromatic carbocycles. The highest BCUT2D eigenvalue weighted by Gasteiger charge is 2.42. The van der Waals surface area contributed by atoms with E-state index in [1.807, 2.05) is 24.3 Å². The second kappa shape index (κ2) is 17.7. The normalized spacial score (nSPS) is 16.7. The quantitative estimate of drug-likeness (QED) is 0.185. The number of nitrogens with two attached hydrogens (primary N) is 1. The molecule has 4 aromatic rings. The van der Waals surface area contributed by atoms with E-state index in [2.05, 4.69) is 16.3 Å². The molecule has 2 aliphatic rings. The van der Waals surface area contributed by atoms with Gasteiger partial charge in [-0.3, -0.25) is 19.0 Å². The van der Waals surface area contributed by atoms with E-state index in [1.54, 1.807) is 29.2 Å². The number of carbonyl (C=O) groups is 2. The summed E-state index contributed by atoms with van der Waals surface area (Å²) < 4.78 is 79.7. The largest absolute Gasteiger partial charge is 0.436 e. The van der Waals surface area contributed by atoms with Crippen LogP contribution in [0.4, 0.5) is 26.3 Å². The van der Waals surface area contributed by atoms with Gasteiger partial charge in [-0.1, -0.05) is 70.7 Å². The molecule has 2 saturated heterocycles. The predicted octanol–water partition coefficient (Wildman–Crippen LogP) is 8.64. The molecule has 0 radical (unpaired) electrons. The van der Waals surface area contributed by atoms with Crippen molar-refractivity contribution >= 4 is 58.2 Å². The lowest BCUT2D eigenvalue weighted by molar-refractivity contribution is -0.142. The van der Waals surface area contributed by atoms with Gasteiger partial charge in [0, 0.05) is 48.2 Å². The SMILES string of the molecule is Cc1c(Cl)c(C(F)(F)F)nn1CC(=O)N1CCC(C#N)(c2ccc(Cl)cc2)CC1.Cc1c(Cl)c(C(F)(F)F)nn1CC(=O)N1CCC(CN)(c2ccc(Cl)cc2)CC1. The van der Waals surface area contributed by atoms with Crippen molar-refractivity contribution in [2.45, 2.75) is 75.8 Å². The number of amides is 2. The van der Waals surface area contributed by atoms with Crippen LogP contribution in [0.2, 0.25) is 20.1 Å². The van der Waals surface area contributed by atoms with Crippen LogP contribution in [-0.4, -0.2) is 73.9 Å². The third-order valence-electron chi connectivity index (χ3n) is 10.9. The molecule has 2 aliphatic heterocycles. The minimum atomic E-state index is -4.69. The summed E-state index contributed by atoms with van der Waals surface area (Å²) in [5.74, 6) is -0.675. The molecule has 58 heavy (non-hydrogen) atoms. The van der Waals surface area contributed by atoms with Gasteiger partial charge in [0.05, 0.1) is 32.9 Å². The van der Waals surface area contributed by atoms with Crippen LogP contribution in [0.1, 0.15) is 59.6 Å². The van der Waals surface area contributed by atoms with Crippen LogP contribution in [0.15, 0.2) is 48.5 Å². The molecule has 2 aromatic heterocycles. The number of alkyl halides is 6. The van der Waals surface area contributed by atoms with Gasteiger partial charge in [-0.25, -0.2) is 0 Å². The third-order valence-corrected chi connectivity index (χ3v) is 12.3. The molecule has 0 spiro atoms. The number of nitrogens with zero attached hydrogens (tertiary/aromatic N) is 7. The maximum Gasteiger partial charge on any atom is 0.436 e. The average molecular weight is 895 g/mol. The Morgan fingerprint density at radius 1 is 0.690 bits per heavy atom. The van der Waals surface area contributed by atoms with Crippen molar-refractivity contribution in [1.82, 2.24) is 29.4 Å². The number of halogens is 10. The summed E-state index contributed by atoms with van der Waals surface area (Å²) in [5.41, 5.74) is 4.81. The number of aromatic nitrogens is 4. The molecule has 0 aliphatic carbocycles. The van der Waals surface area contributed by atoms with Crippen LogP contribution in [0.3, 0.4) is 0 Å². The fourth-order valence-electron chi connectivity index (χ4n) is 7.14. The number of benzene rings is 2. The van der Waals surface area contributed by atoms with E-state index in [0.29, 0.717) is 68.5 Å². The van der Waals surface area contributed by atoms with Crippen LogP contribution in [0.25, 0.3) is 0 Å². The van der Waals surface area contributed by atoms with Crippen molar-refractivity contribution in [3.63, 3.8) is 0 Å². The van der Waals surface area contributed by atoms with Crippen molar-refractivity contribution in [2.75, 3.05) is 32.7 Å². The molecule has 2 amide bonds. The number of hydrogen-bond donors (Lipinski definition) is 1. The van der Waals surface area contributed by atoms with Crippen molar-refractivity contribution < 1.29 is 35.9 Å². The third kappa shape index (κ3) is 9.71. The molecular formula is C38H38Cl4F6N8O2. The number of likely N-dealkylation sites (tertiary alicyclic amines) is 2. The highest BCUT2D eigenvalue weighted by atomic mass is 35.5. The monoisotopic (exact) mass is 892 g/mol. The van der Waals surface area contributed by atoms with E-state index < -0.39 is 39.2 Å². The molecule has 0 saturated carbocycles. The highest BCUT2D eigenvalue weighted by molar-refractivity contribution is 6.32. The van der Waals surface area contributed by atoms with Crippen LogP contribution < -0.4 is 5.73 Å². The lowest BCUT2D eigenvalue weighted by Gasteiger charge is -2.41. The first-order valence-corrected chi connectivity index (χ1v) is 19.4. The zero-order valence-corrected chi connectivity index (χ0v) is 34.2. The Labute approximate surface area is 350 Å². The summed E-state index contributed by atoms with van der Waals surface area (Å²) >= 11 is 23.4. The Bertz CT molecular complexity index is 2150. The van der Waals surface area contributed by atoms with E-state index in [4.69, 9.17) is 52.1 Å². The number of hydrogen-bond acceptors (Lipinski definition) is 6. The van der Waals surface area contributed by atoms with E-state index in [9.17, 15) is 41.2 Å². The number of rotatable bonds is 7. The summed E-state index contributed by atoms with van der Waals surface area (Å²) in [6.45, 7) is 4.13. The lowest BCUT2D eigenvalue weighted by Crippen LogP contribution is -2.49. The highest BCUT2D eigenvalue weighted by Crippen LogP contribution is 2.39. The summed E-state index contributed by atoms with van der Waals surface area (Å²) in [4.78, 5) is 28.4. The van der Waals surface area contributed by atoms with E-state index in [1.165, 1.54) is 18.7 Å². The number of nitriles is 1. The van der Waals surface area contributed by atoms with Crippen molar-refractivity contribution in [1.29, 1.82) is 5.26 Å². The molecule has 0 bridgehead atoms. The standard InChI is InChI=1S/C19H21Cl2F3N4O.C19H17Cl2F3N4O/c2*1-12-16(21)17(19(22,23)24)26-28(12)10-15(29)27-8-6-18(11-25,7-9-27)13-2-4-14(20)5-3-13/h2-5H,6-11,25H2,1H3;2-5H,6-10H2,1H3. The van der Waals surface area contributed by atoms with Crippen molar-refractivity contribution in [3.8, 4) is 6.07 Å². The van der Waals surface area contributed by atoms with Crippen molar-refractivity contribution in [2.24, 2.45) is 5.73 Å². The topological polar surface area (TPSA) is 126 Å². The Balaban J connectivity index is 0.000000221. The van der Waals surface area contributed by atoms with Gasteiger partial charge >= 0.3 is 12.4 Å². The fourth-order valence-corrected chi connectivity index (χ4v) is 7.88. The minimum Gasteiger partial charge on any atom is -0.341 e. The summed E-state index contributed by atoms with van der Waals surface area (Å²) in [7, 11) is 0. The molecule has 0 unspecified atom stereocenters. The molecule has 0 atom stereocenters. The first-order valence-electron chi connectivity index (χ1n) is 17.9. The van der Waals surface area contributed by atoms with E-state index in [0.717, 1.165) is 20.5 Å². The maximum atomic E-state index is 13.0. The second-order valence-electron chi connectivity index (χ2n) is 14.3. The van der Waals surface area contributed by atoms with Gasteiger partial charge in [-0.2, -0.15) is 41.8 Å². The van der Waals surface area contributed by atoms with Gasteiger partial charge in [-0.05, 0) is 74.9 Å². The smallest absolute Gasteiger partial charge is 0.341 e. The second-order valence-corrected chi connectivity index (χ2v) is 15.9. The Morgan fingerprint density at radius 3 is 1.38 bits per heavy atom. The van der Waals surface area contributed by atoms with Gasteiger partial charge in [-0.15, -0.1) is 0 Å². The van der Waals surface area contributed by atoms with Gasteiger partial charge < -0.3 is 15.5 Å². The molecule has 6 rings (SSSR count). The summed E-state index contributed by atoms with van der Waals surface area (Å²) in [6.07, 6.45) is -7.20. The molecule has 4 heterocycles. The number of carbonyl (C=O) groups excluding carboxylic acids is 2. The van der Waals surface area contributed by atoms with Gasteiger partial charge in [0.1, 0.15) is 13.1 Å². The summed E-state index contributed by atoms with van der Waals surface area (Å²) in [5, 5.41) is 16.9. The molecule has 2 N–H and O–H groups in total. The van der Waals surface area contributed by atoms with Crippen LogP contribution >= 0.6 is 46.4 Å². The first kappa shape index (κ1) is 45.1. The zero-order chi connectivity index (χ0) is 42.8. The minimum absolute atomic E-state index is 0.0805. The molecule has 312 valence electrons. The molecule has 20 heteroatoms. The zero-order valence-electron chi connectivity index (χ0n) is 31.2. The molecule has 10 nitrogen and oxygen atoms in total. The predicted molar refractivity (Wildman–Crippen MR) is 207 cm³/mol. The van der Waals surface area contributed by atoms with Crippen LogP contribution in [0.5, 0.6) is 0 Å². The Morgan fingerprint density at radius 2 is 1.05 bits per heavy atom. The molecular weight excluding hydrogens is 856 g/mol. The van der Waals surface area contributed by atoms with Crippen LogP contribution in [0, 0.1) is 25.2 Å². The fraction of sp³-hybridized carbons (Fsp3) is 0.447. The van der Waals surface area contributed by atoms with E-state index >= 15 is 0 Å². The summed E-state index contributed by atoms with van der Waals surface area (Å²) in [6, 6.07) is 16.9. The van der Waals surface area contributed by atoms with Crippen LogP contribution in [-0.2, 0) is 45.9 Å². The Hall–Kier alpha value is -4.01. The number of piperidine rings is 2. The van der Waals surface area contributed by atoms with Gasteiger partial charge in [0.2, 0.25) is 11.8 Å². The molecule has 2 fully saturated rings. The first-order chi connectivity index (χ1) is 27.1.